The van der Waals surface area contributed by atoms with Crippen molar-refractivity contribution in [3.8, 4) is 11.8 Å². The van der Waals surface area contributed by atoms with Crippen LogP contribution in [0.5, 0.6) is 5.75 Å². The predicted molar refractivity (Wildman–Crippen MR) is 102 cm³/mol. The fourth-order valence-electron chi connectivity index (χ4n) is 2.44. The number of furan rings is 1. The van der Waals surface area contributed by atoms with Crippen molar-refractivity contribution >= 4 is 23.6 Å². The first-order valence-electron chi connectivity index (χ1n) is 8.62. The minimum atomic E-state index is -0.498. The molecule has 136 valence electrons. The Morgan fingerprint density at radius 2 is 2.04 bits per heavy atom. The van der Waals surface area contributed by atoms with Gasteiger partial charge in [0.05, 0.1) is 6.61 Å². The summed E-state index contributed by atoms with van der Waals surface area (Å²) < 4.78 is 11.1. The number of nitrogens with zero attached hydrogens (tertiary/aromatic N) is 2. The minimum absolute atomic E-state index is 0.0349. The Bertz CT molecular complexity index is 814. The van der Waals surface area contributed by atoms with E-state index in [4.69, 9.17) is 9.15 Å². The number of nitrogens with one attached hydrogen (secondary N) is 1. The van der Waals surface area contributed by atoms with Gasteiger partial charge in [-0.2, -0.15) is 5.26 Å². The molecule has 0 aliphatic heterocycles. The maximum absolute atomic E-state index is 12.4. The highest BCUT2D eigenvalue weighted by Gasteiger charge is 2.12. The highest BCUT2D eigenvalue weighted by molar-refractivity contribution is 6.09. The molecule has 0 bridgehead atoms. The monoisotopic (exact) mass is 353 g/mol. The third-order valence-corrected chi connectivity index (χ3v) is 3.74. The molecule has 1 amide bonds. The van der Waals surface area contributed by atoms with Crippen LogP contribution in [-0.2, 0) is 4.79 Å². The van der Waals surface area contributed by atoms with Crippen molar-refractivity contribution in [1.29, 1.82) is 5.26 Å². The van der Waals surface area contributed by atoms with Gasteiger partial charge in [-0.1, -0.05) is 6.07 Å². The maximum Gasteiger partial charge on any atom is 0.266 e. The molecule has 26 heavy (non-hydrogen) atoms. The topological polar surface area (TPSA) is 78.5 Å². The Labute approximate surface area is 153 Å². The van der Waals surface area contributed by atoms with E-state index in [2.05, 4.69) is 5.32 Å². The van der Waals surface area contributed by atoms with Crippen LogP contribution >= 0.6 is 0 Å². The van der Waals surface area contributed by atoms with Crippen molar-refractivity contribution in [3.63, 3.8) is 0 Å². The summed E-state index contributed by atoms with van der Waals surface area (Å²) in [4.78, 5) is 14.4. The van der Waals surface area contributed by atoms with Gasteiger partial charge in [0.15, 0.2) is 5.88 Å². The van der Waals surface area contributed by atoms with E-state index in [0.29, 0.717) is 29.7 Å². The predicted octanol–water partition coefficient (Wildman–Crippen LogP) is 4.07. The maximum atomic E-state index is 12.4. The van der Waals surface area contributed by atoms with E-state index in [1.54, 1.807) is 30.3 Å². The Kier molecular flexibility index (Phi) is 6.86. The molecule has 6 nitrogen and oxygen atoms in total. The van der Waals surface area contributed by atoms with E-state index >= 15 is 0 Å². The molecule has 0 spiro atoms. The second kappa shape index (κ2) is 9.33. The lowest BCUT2D eigenvalue weighted by Crippen LogP contribution is -2.20. The molecule has 6 heteroatoms. The molecule has 0 atom stereocenters. The molecular weight excluding hydrogens is 330 g/mol. The van der Waals surface area contributed by atoms with Gasteiger partial charge in [0.1, 0.15) is 23.2 Å². The summed E-state index contributed by atoms with van der Waals surface area (Å²) in [5.74, 6) is 1.33. The number of hydrogen-bond donors (Lipinski definition) is 1. The number of nitriles is 1. The Morgan fingerprint density at radius 1 is 1.27 bits per heavy atom. The first-order valence-corrected chi connectivity index (χ1v) is 8.62. The number of carbonyl (C=O) groups excluding carboxylic acids is 1. The zero-order valence-electron chi connectivity index (χ0n) is 15.3. The molecule has 2 rings (SSSR count). The molecule has 0 radical (unpaired) electrons. The Morgan fingerprint density at radius 3 is 2.69 bits per heavy atom. The van der Waals surface area contributed by atoms with E-state index < -0.39 is 5.91 Å². The fourth-order valence-corrected chi connectivity index (χ4v) is 2.44. The van der Waals surface area contributed by atoms with Crippen LogP contribution in [0.4, 0.5) is 11.6 Å². The molecule has 1 heterocycles. The normalized spacial score (nSPS) is 10.9. The van der Waals surface area contributed by atoms with E-state index in [-0.39, 0.29) is 5.57 Å². The van der Waals surface area contributed by atoms with Crippen molar-refractivity contribution in [2.75, 3.05) is 29.9 Å². The quantitative estimate of drug-likeness (QED) is 0.572. The molecule has 2 aromatic rings. The minimum Gasteiger partial charge on any atom is -0.494 e. The van der Waals surface area contributed by atoms with Crippen LogP contribution in [0.3, 0.4) is 0 Å². The van der Waals surface area contributed by atoms with Gasteiger partial charge < -0.3 is 19.4 Å². The zero-order valence-corrected chi connectivity index (χ0v) is 15.3. The lowest BCUT2D eigenvalue weighted by molar-refractivity contribution is -0.112. The fraction of sp³-hybridized carbons (Fsp3) is 0.300. The van der Waals surface area contributed by atoms with Gasteiger partial charge in [0.25, 0.3) is 5.91 Å². The number of ether oxygens (including phenoxy) is 1. The van der Waals surface area contributed by atoms with Gasteiger partial charge >= 0.3 is 0 Å². The number of anilines is 2. The summed E-state index contributed by atoms with van der Waals surface area (Å²) in [7, 11) is 0. The van der Waals surface area contributed by atoms with Crippen molar-refractivity contribution in [1.82, 2.24) is 0 Å². The third kappa shape index (κ3) is 4.90. The van der Waals surface area contributed by atoms with Gasteiger partial charge in [-0.05, 0) is 39.0 Å². The molecule has 0 saturated carbocycles. The lowest BCUT2D eigenvalue weighted by Gasteiger charge is -2.16. The van der Waals surface area contributed by atoms with Crippen molar-refractivity contribution in [2.45, 2.75) is 20.8 Å². The van der Waals surface area contributed by atoms with Crippen molar-refractivity contribution < 1.29 is 13.9 Å². The van der Waals surface area contributed by atoms with Crippen molar-refractivity contribution in [2.24, 2.45) is 0 Å². The average Bonchev–Trinajstić information content (AvgIpc) is 3.09. The van der Waals surface area contributed by atoms with Crippen LogP contribution in [0.15, 0.2) is 46.4 Å². The molecule has 0 unspecified atom stereocenters. The molecule has 0 aliphatic carbocycles. The summed E-state index contributed by atoms with van der Waals surface area (Å²) in [6.07, 6.45) is 1.44. The molecule has 0 fully saturated rings. The number of rotatable bonds is 8. The largest absolute Gasteiger partial charge is 0.494 e. The Balaban J connectivity index is 2.15. The van der Waals surface area contributed by atoms with Gasteiger partial charge in [0.2, 0.25) is 0 Å². The summed E-state index contributed by atoms with van der Waals surface area (Å²) in [6.45, 7) is 8.12. The van der Waals surface area contributed by atoms with Gasteiger partial charge in [0, 0.05) is 37.0 Å². The van der Waals surface area contributed by atoms with E-state index in [1.165, 1.54) is 6.08 Å². The first-order chi connectivity index (χ1) is 12.6. The summed E-state index contributed by atoms with van der Waals surface area (Å²) in [5, 5.41) is 12.0. The summed E-state index contributed by atoms with van der Waals surface area (Å²) in [5.41, 5.74) is 0.526. The summed E-state index contributed by atoms with van der Waals surface area (Å²) in [6, 6.07) is 12.5. The van der Waals surface area contributed by atoms with Crippen LogP contribution in [0, 0.1) is 11.3 Å². The highest BCUT2D eigenvalue weighted by atomic mass is 16.5. The lowest BCUT2D eigenvalue weighted by atomic mass is 10.2. The van der Waals surface area contributed by atoms with Crippen molar-refractivity contribution in [3.05, 3.63) is 47.7 Å². The molecule has 0 aliphatic rings. The summed E-state index contributed by atoms with van der Waals surface area (Å²) >= 11 is 0. The first kappa shape index (κ1) is 19.1. The zero-order chi connectivity index (χ0) is 18.9. The highest BCUT2D eigenvalue weighted by Crippen LogP contribution is 2.21. The molecule has 1 aromatic carbocycles. The van der Waals surface area contributed by atoms with Gasteiger partial charge in [-0.3, -0.25) is 4.79 Å². The SMILES string of the molecule is CCOc1cccc(NC(=O)/C(C#N)=C\c2ccc(N(CC)CC)o2)c1. The van der Waals surface area contributed by atoms with Crippen LogP contribution < -0.4 is 15.0 Å². The molecule has 1 N–H and O–H groups in total. The van der Waals surface area contributed by atoms with E-state index in [9.17, 15) is 10.1 Å². The molecule has 1 aromatic heterocycles. The third-order valence-electron chi connectivity index (χ3n) is 3.74. The van der Waals surface area contributed by atoms with Crippen LogP contribution in [0.25, 0.3) is 6.08 Å². The second-order valence-corrected chi connectivity index (χ2v) is 5.43. The smallest absolute Gasteiger partial charge is 0.266 e. The Hall–Kier alpha value is -3.20. The average molecular weight is 353 g/mol. The standard InChI is InChI=1S/C20H23N3O3/c1-4-23(5-2)19-11-10-18(26-19)12-15(14-21)20(24)22-16-8-7-9-17(13-16)25-6-3/h7-13H,4-6H2,1-3H3,(H,22,24)/b15-12-. The number of carbonyl (C=O) groups is 1. The molecular formula is C20H23N3O3. The van der Waals surface area contributed by atoms with Crippen LogP contribution in [0.1, 0.15) is 26.5 Å². The van der Waals surface area contributed by atoms with Crippen LogP contribution in [0.2, 0.25) is 0 Å². The number of amides is 1. The molecule has 0 saturated heterocycles. The van der Waals surface area contributed by atoms with Crippen LogP contribution in [-0.4, -0.2) is 25.6 Å². The number of benzene rings is 1. The van der Waals surface area contributed by atoms with E-state index in [0.717, 1.165) is 13.1 Å². The van der Waals surface area contributed by atoms with E-state index in [1.807, 2.05) is 37.8 Å². The second-order valence-electron chi connectivity index (χ2n) is 5.43. The van der Waals surface area contributed by atoms with Gasteiger partial charge in [-0.15, -0.1) is 0 Å². The number of hydrogen-bond acceptors (Lipinski definition) is 5. The van der Waals surface area contributed by atoms with Gasteiger partial charge in [-0.25, -0.2) is 0 Å².